The van der Waals surface area contributed by atoms with Crippen molar-refractivity contribution in [2.24, 2.45) is 0 Å². The number of rotatable bonds is 3. The highest BCUT2D eigenvalue weighted by Crippen LogP contribution is 2.18. The Morgan fingerprint density at radius 3 is 2.33 bits per heavy atom. The summed E-state index contributed by atoms with van der Waals surface area (Å²) in [6.07, 6.45) is -4.24. The summed E-state index contributed by atoms with van der Waals surface area (Å²) < 4.78 is 0. The van der Waals surface area contributed by atoms with Gasteiger partial charge in [-0.05, 0) is 0 Å². The van der Waals surface area contributed by atoms with Crippen LogP contribution in [0.25, 0.3) is 0 Å². The Bertz CT molecular complexity index is 235. The fraction of sp³-hybridized carbons (Fsp3) is 0.875. The van der Waals surface area contributed by atoms with Crippen LogP contribution in [0.1, 0.15) is 0 Å². The van der Waals surface area contributed by atoms with Crippen molar-refractivity contribution < 1.29 is 30.3 Å². The van der Waals surface area contributed by atoms with Crippen molar-refractivity contribution in [3.8, 4) is 0 Å². The molecule has 4 atom stereocenters. The average molecular weight is 221 g/mol. The van der Waals surface area contributed by atoms with Crippen LogP contribution < -0.4 is 0 Å². The first-order valence-electron chi connectivity index (χ1n) is 4.61. The van der Waals surface area contributed by atoms with E-state index in [1.807, 2.05) is 0 Å². The van der Waals surface area contributed by atoms with E-state index in [0.29, 0.717) is 0 Å². The predicted octanol–water partition coefficient (Wildman–Crippen LogP) is -3.17. The summed E-state index contributed by atoms with van der Waals surface area (Å²) in [5.41, 5.74) is 0. The zero-order valence-corrected chi connectivity index (χ0v) is 8.02. The van der Waals surface area contributed by atoms with Crippen LogP contribution in [-0.2, 0) is 4.79 Å². The lowest BCUT2D eigenvalue weighted by atomic mass is 9.94. The van der Waals surface area contributed by atoms with Crippen LogP contribution in [-0.4, -0.2) is 80.5 Å². The molecule has 0 radical (unpaired) electrons. The maximum Gasteiger partial charge on any atom is 0.323 e. The Morgan fingerprint density at radius 2 is 1.87 bits per heavy atom. The van der Waals surface area contributed by atoms with Gasteiger partial charge in [0.2, 0.25) is 0 Å². The van der Waals surface area contributed by atoms with Crippen molar-refractivity contribution in [1.29, 1.82) is 0 Å². The van der Waals surface area contributed by atoms with Gasteiger partial charge in [-0.3, -0.25) is 9.69 Å². The van der Waals surface area contributed by atoms with Gasteiger partial charge in [0.1, 0.15) is 18.2 Å². The Kier molecular flexibility index (Phi) is 4.00. The number of hydrogen-bond donors (Lipinski definition) is 5. The molecule has 0 spiro atoms. The summed E-state index contributed by atoms with van der Waals surface area (Å²) >= 11 is 0. The number of hydrogen-bond acceptors (Lipinski definition) is 6. The van der Waals surface area contributed by atoms with E-state index in [1.165, 1.54) is 4.90 Å². The van der Waals surface area contributed by atoms with Crippen molar-refractivity contribution >= 4 is 5.97 Å². The van der Waals surface area contributed by atoms with Crippen LogP contribution >= 0.6 is 0 Å². The van der Waals surface area contributed by atoms with E-state index >= 15 is 0 Å². The van der Waals surface area contributed by atoms with Crippen LogP contribution in [0.3, 0.4) is 0 Å². The number of carboxylic acids is 1. The summed E-state index contributed by atoms with van der Waals surface area (Å²) in [6.45, 7) is -0.340. The quantitative estimate of drug-likeness (QED) is 0.341. The first-order valence-corrected chi connectivity index (χ1v) is 4.61. The number of nitrogens with zero attached hydrogens (tertiary/aromatic N) is 1. The van der Waals surface area contributed by atoms with Gasteiger partial charge in [0.15, 0.2) is 0 Å². The smallest absolute Gasteiger partial charge is 0.323 e. The van der Waals surface area contributed by atoms with Crippen LogP contribution in [0.4, 0.5) is 0 Å². The van der Waals surface area contributed by atoms with Gasteiger partial charge in [-0.1, -0.05) is 0 Å². The van der Waals surface area contributed by atoms with E-state index in [4.69, 9.17) is 10.2 Å². The number of β-amino-alcohol motifs (C(OH)–C–C–N with tert-alkyl or cyclic N) is 2. The number of carboxylic acid groups (broad SMARTS) is 1. The Balaban J connectivity index is 2.81. The van der Waals surface area contributed by atoms with Gasteiger partial charge in [-0.2, -0.15) is 0 Å². The van der Waals surface area contributed by atoms with Gasteiger partial charge >= 0.3 is 5.97 Å². The number of carbonyl (C=O) groups is 1. The van der Waals surface area contributed by atoms with Gasteiger partial charge in [0.25, 0.3) is 0 Å². The Morgan fingerprint density at radius 1 is 1.27 bits per heavy atom. The monoisotopic (exact) mass is 221 g/mol. The zero-order valence-electron chi connectivity index (χ0n) is 8.02. The van der Waals surface area contributed by atoms with Gasteiger partial charge in [0, 0.05) is 13.1 Å². The van der Waals surface area contributed by atoms with E-state index in [1.54, 1.807) is 0 Å². The number of aliphatic carboxylic acids is 1. The third-order valence-electron chi connectivity index (χ3n) is 2.52. The van der Waals surface area contributed by atoms with Crippen molar-refractivity contribution in [2.75, 3.05) is 19.7 Å². The first-order chi connectivity index (χ1) is 6.99. The van der Waals surface area contributed by atoms with Crippen molar-refractivity contribution in [1.82, 2.24) is 4.90 Å². The van der Waals surface area contributed by atoms with E-state index in [2.05, 4.69) is 0 Å². The average Bonchev–Trinajstić information content (AvgIpc) is 2.14. The van der Waals surface area contributed by atoms with Crippen LogP contribution in [0.2, 0.25) is 0 Å². The highest BCUT2D eigenvalue weighted by atomic mass is 16.4. The fourth-order valence-corrected chi connectivity index (χ4v) is 1.75. The largest absolute Gasteiger partial charge is 0.480 e. The number of likely N-dealkylation sites (tertiary alicyclic amines) is 1. The minimum Gasteiger partial charge on any atom is -0.480 e. The Labute approximate surface area is 86.2 Å². The molecule has 1 saturated heterocycles. The first kappa shape index (κ1) is 12.3. The molecule has 0 amide bonds. The molecule has 0 bridgehead atoms. The third kappa shape index (κ3) is 2.44. The maximum absolute atomic E-state index is 10.8. The minimum absolute atomic E-state index is 0.0256. The molecule has 0 aromatic rings. The molecule has 88 valence electrons. The molecule has 7 heteroatoms. The van der Waals surface area contributed by atoms with Crippen molar-refractivity contribution in [3.63, 3.8) is 0 Å². The third-order valence-corrected chi connectivity index (χ3v) is 2.52. The maximum atomic E-state index is 10.8. The van der Waals surface area contributed by atoms with E-state index in [9.17, 15) is 20.1 Å². The summed E-state index contributed by atoms with van der Waals surface area (Å²) in [5, 5.41) is 45.6. The van der Waals surface area contributed by atoms with Crippen molar-refractivity contribution in [3.05, 3.63) is 0 Å². The molecule has 1 aliphatic rings. The second-order valence-electron chi connectivity index (χ2n) is 3.55. The topological polar surface area (TPSA) is 121 Å². The molecule has 2 unspecified atom stereocenters. The number of aliphatic hydroxyl groups excluding tert-OH is 4. The fourth-order valence-electron chi connectivity index (χ4n) is 1.75. The SMILES string of the molecule is O=C(O)C1[C@H](O)[C@H](O)C(O)CN1CCO. The predicted molar refractivity (Wildman–Crippen MR) is 48.1 cm³/mol. The van der Waals surface area contributed by atoms with E-state index in [0.717, 1.165) is 0 Å². The molecule has 15 heavy (non-hydrogen) atoms. The summed E-state index contributed by atoms with van der Waals surface area (Å²) in [6, 6.07) is -1.30. The molecule has 7 nitrogen and oxygen atoms in total. The summed E-state index contributed by atoms with van der Waals surface area (Å²) in [4.78, 5) is 12.1. The molecule has 0 aliphatic carbocycles. The second-order valence-corrected chi connectivity index (χ2v) is 3.55. The van der Waals surface area contributed by atoms with Gasteiger partial charge in [0.05, 0.1) is 12.7 Å². The molecule has 1 rings (SSSR count). The van der Waals surface area contributed by atoms with Gasteiger partial charge in [-0.25, -0.2) is 0 Å². The van der Waals surface area contributed by atoms with Crippen LogP contribution in [0.15, 0.2) is 0 Å². The lowest BCUT2D eigenvalue weighted by Crippen LogP contribution is -2.64. The van der Waals surface area contributed by atoms with Gasteiger partial charge < -0.3 is 25.5 Å². The molecule has 5 N–H and O–H groups in total. The Hall–Kier alpha value is -0.730. The van der Waals surface area contributed by atoms with Crippen LogP contribution in [0, 0.1) is 0 Å². The van der Waals surface area contributed by atoms with Gasteiger partial charge in [-0.15, -0.1) is 0 Å². The minimum atomic E-state index is -1.56. The molecule has 0 aromatic heterocycles. The van der Waals surface area contributed by atoms with E-state index < -0.39 is 30.3 Å². The number of aliphatic hydroxyl groups is 4. The highest BCUT2D eigenvalue weighted by Gasteiger charge is 2.44. The molecular weight excluding hydrogens is 206 g/mol. The summed E-state index contributed by atoms with van der Waals surface area (Å²) in [5.74, 6) is -1.29. The molecular formula is C8H15NO6. The van der Waals surface area contributed by atoms with Crippen molar-refractivity contribution in [2.45, 2.75) is 24.4 Å². The lowest BCUT2D eigenvalue weighted by molar-refractivity contribution is -0.171. The molecule has 0 saturated carbocycles. The van der Waals surface area contributed by atoms with Crippen LogP contribution in [0.5, 0.6) is 0 Å². The normalized spacial score (nSPS) is 37.9. The molecule has 0 aromatic carbocycles. The number of piperidine rings is 1. The zero-order chi connectivity index (χ0) is 11.6. The second kappa shape index (κ2) is 4.86. The lowest BCUT2D eigenvalue weighted by Gasteiger charge is -2.41. The molecule has 1 heterocycles. The molecule has 1 aliphatic heterocycles. The standard InChI is InChI=1S/C8H15NO6/c10-2-1-9-3-4(11)6(12)7(13)5(9)8(14)15/h4-7,10-13H,1-3H2,(H,14,15)/t4?,5?,6-,7+/m1/s1. The molecule has 1 fully saturated rings. The van der Waals surface area contributed by atoms with E-state index in [-0.39, 0.29) is 19.7 Å². The summed E-state index contributed by atoms with van der Waals surface area (Å²) in [7, 11) is 0. The highest BCUT2D eigenvalue weighted by molar-refractivity contribution is 5.74.